The highest BCUT2D eigenvalue weighted by Crippen LogP contribution is 2.34. The fourth-order valence-electron chi connectivity index (χ4n) is 4.22. The molecule has 0 aliphatic carbocycles. The predicted octanol–water partition coefficient (Wildman–Crippen LogP) is 2.61. The Kier molecular flexibility index (Phi) is 5.22. The van der Waals surface area contributed by atoms with E-state index in [1.54, 1.807) is 18.9 Å². The first-order valence-electron chi connectivity index (χ1n) is 10.0. The molecule has 1 saturated heterocycles. The van der Waals surface area contributed by atoms with Gasteiger partial charge in [0.05, 0.1) is 20.1 Å². The number of anilines is 1. The van der Waals surface area contributed by atoms with Gasteiger partial charge >= 0.3 is 0 Å². The Hall–Kier alpha value is -2.96. The maximum absolute atomic E-state index is 12.8. The molecule has 7 heteroatoms. The van der Waals surface area contributed by atoms with E-state index < -0.39 is 0 Å². The van der Waals surface area contributed by atoms with Gasteiger partial charge in [0.15, 0.2) is 0 Å². The Morgan fingerprint density at radius 1 is 1.28 bits per heavy atom. The van der Waals surface area contributed by atoms with E-state index in [0.29, 0.717) is 25.3 Å². The Labute approximate surface area is 170 Å². The largest absolute Gasteiger partial charge is 0.496 e. The van der Waals surface area contributed by atoms with Crippen molar-refractivity contribution in [3.8, 4) is 5.75 Å². The van der Waals surface area contributed by atoms with Crippen LogP contribution in [-0.4, -0.2) is 46.9 Å². The number of aryl methyl sites for hydroxylation is 1. The Bertz CT molecular complexity index is 959. The summed E-state index contributed by atoms with van der Waals surface area (Å²) >= 11 is 0. The molecule has 0 bridgehead atoms. The molecule has 2 aliphatic rings. The molecule has 0 saturated carbocycles. The molecule has 1 fully saturated rings. The molecule has 0 radical (unpaired) electrons. The van der Waals surface area contributed by atoms with Crippen LogP contribution in [0, 0.1) is 6.92 Å². The second kappa shape index (κ2) is 7.81. The number of hydrogen-bond donors (Lipinski definition) is 0. The van der Waals surface area contributed by atoms with E-state index in [1.807, 2.05) is 36.1 Å². The summed E-state index contributed by atoms with van der Waals surface area (Å²) in [5.41, 5.74) is 2.68. The number of carbonyl (C=O) groups excluding carboxylic acids is 2. The molecule has 1 aromatic heterocycles. The number of hydrogen-bond acceptors (Lipinski definition) is 5. The molecule has 2 aliphatic heterocycles. The van der Waals surface area contributed by atoms with Crippen molar-refractivity contribution in [3.05, 3.63) is 46.9 Å². The Morgan fingerprint density at radius 2 is 2.07 bits per heavy atom. The van der Waals surface area contributed by atoms with Gasteiger partial charge in [-0.25, -0.2) is 9.97 Å². The lowest BCUT2D eigenvalue weighted by atomic mass is 9.96. The van der Waals surface area contributed by atoms with Gasteiger partial charge in [0.25, 0.3) is 0 Å². The van der Waals surface area contributed by atoms with Crippen molar-refractivity contribution in [1.29, 1.82) is 0 Å². The summed E-state index contributed by atoms with van der Waals surface area (Å²) in [5.74, 6) is 2.38. The highest BCUT2D eigenvalue weighted by Gasteiger charge is 2.34. The van der Waals surface area contributed by atoms with Gasteiger partial charge in [0.1, 0.15) is 17.4 Å². The molecule has 7 nitrogen and oxygen atoms in total. The molecular formula is C22H26N4O3. The van der Waals surface area contributed by atoms with Gasteiger partial charge < -0.3 is 9.64 Å². The number of methoxy groups -OCH3 is 1. The lowest BCUT2D eigenvalue weighted by molar-refractivity contribution is -0.130. The standard InChI is InChI=1S/C22H26N4O3/c1-14-18-11-20(28)26(13-16-7-4-5-9-19(16)29-3)22(18)24-21(23-14)17-8-6-10-25(12-17)15(2)27/h4-5,7,9,17H,6,8,10-13H2,1-3H3/t17-/m0/s1. The van der Waals surface area contributed by atoms with Crippen LogP contribution in [0.15, 0.2) is 24.3 Å². The van der Waals surface area contributed by atoms with Crippen LogP contribution in [0.25, 0.3) is 0 Å². The smallest absolute Gasteiger partial charge is 0.233 e. The SMILES string of the molecule is COc1ccccc1CN1C(=O)Cc2c(C)nc([C@H]3CCCN(C(C)=O)C3)nc21. The first kappa shape index (κ1) is 19.4. The number of likely N-dealkylation sites (tertiary alicyclic amines) is 1. The van der Waals surface area contributed by atoms with E-state index in [9.17, 15) is 9.59 Å². The fraction of sp³-hybridized carbons (Fsp3) is 0.455. The van der Waals surface area contributed by atoms with Crippen LogP contribution in [0.2, 0.25) is 0 Å². The summed E-state index contributed by atoms with van der Waals surface area (Å²) in [4.78, 5) is 37.7. The Morgan fingerprint density at radius 3 is 2.83 bits per heavy atom. The summed E-state index contributed by atoms with van der Waals surface area (Å²) in [5, 5.41) is 0. The molecule has 1 atom stereocenters. The Balaban J connectivity index is 1.66. The molecule has 2 aromatic rings. The number of para-hydroxylation sites is 1. The number of amides is 2. The molecule has 0 spiro atoms. The van der Waals surface area contributed by atoms with E-state index >= 15 is 0 Å². The van der Waals surface area contributed by atoms with E-state index in [0.717, 1.165) is 47.8 Å². The number of aromatic nitrogens is 2. The highest BCUT2D eigenvalue weighted by molar-refractivity contribution is 6.00. The minimum Gasteiger partial charge on any atom is -0.496 e. The quantitative estimate of drug-likeness (QED) is 0.797. The third-order valence-electron chi connectivity index (χ3n) is 5.85. The van der Waals surface area contributed by atoms with Crippen molar-refractivity contribution in [2.24, 2.45) is 0 Å². The minimum atomic E-state index is 0.0227. The normalized spacial score (nSPS) is 18.7. The van der Waals surface area contributed by atoms with Crippen molar-refractivity contribution < 1.29 is 14.3 Å². The number of carbonyl (C=O) groups is 2. The molecule has 29 heavy (non-hydrogen) atoms. The number of ether oxygens (including phenoxy) is 1. The molecule has 0 unspecified atom stereocenters. The average molecular weight is 394 g/mol. The number of nitrogens with zero attached hydrogens (tertiary/aromatic N) is 4. The summed E-state index contributed by atoms with van der Waals surface area (Å²) < 4.78 is 5.45. The van der Waals surface area contributed by atoms with Crippen LogP contribution in [0.4, 0.5) is 5.82 Å². The maximum Gasteiger partial charge on any atom is 0.233 e. The molecule has 152 valence electrons. The van der Waals surface area contributed by atoms with Crippen molar-refractivity contribution in [3.63, 3.8) is 0 Å². The molecular weight excluding hydrogens is 368 g/mol. The third kappa shape index (κ3) is 3.69. The molecule has 2 amide bonds. The minimum absolute atomic E-state index is 0.0227. The van der Waals surface area contributed by atoms with Gasteiger partial charge in [0.2, 0.25) is 11.8 Å². The second-order valence-corrected chi connectivity index (χ2v) is 7.74. The fourth-order valence-corrected chi connectivity index (χ4v) is 4.22. The van der Waals surface area contributed by atoms with Gasteiger partial charge in [-0.2, -0.15) is 0 Å². The van der Waals surface area contributed by atoms with E-state index in [2.05, 4.69) is 0 Å². The van der Waals surface area contributed by atoms with E-state index in [4.69, 9.17) is 14.7 Å². The van der Waals surface area contributed by atoms with Gasteiger partial charge in [0, 0.05) is 42.8 Å². The van der Waals surface area contributed by atoms with Crippen LogP contribution >= 0.6 is 0 Å². The zero-order valence-electron chi connectivity index (χ0n) is 17.1. The van der Waals surface area contributed by atoms with Crippen molar-refractivity contribution in [2.45, 2.75) is 45.6 Å². The predicted molar refractivity (Wildman–Crippen MR) is 109 cm³/mol. The van der Waals surface area contributed by atoms with Crippen LogP contribution < -0.4 is 9.64 Å². The topological polar surface area (TPSA) is 75.6 Å². The number of benzene rings is 1. The number of rotatable bonds is 4. The van der Waals surface area contributed by atoms with Crippen LogP contribution in [0.3, 0.4) is 0 Å². The summed E-state index contributed by atoms with van der Waals surface area (Å²) in [6.07, 6.45) is 2.21. The summed E-state index contributed by atoms with van der Waals surface area (Å²) in [6, 6.07) is 7.71. The number of piperidine rings is 1. The van der Waals surface area contributed by atoms with Crippen LogP contribution in [0.5, 0.6) is 5.75 Å². The summed E-state index contributed by atoms with van der Waals surface area (Å²) in [6.45, 7) is 5.37. The monoisotopic (exact) mass is 394 g/mol. The van der Waals surface area contributed by atoms with Gasteiger partial charge in [-0.05, 0) is 25.8 Å². The lowest BCUT2D eigenvalue weighted by Crippen LogP contribution is -2.38. The second-order valence-electron chi connectivity index (χ2n) is 7.74. The van der Waals surface area contributed by atoms with Crippen molar-refractivity contribution in [2.75, 3.05) is 25.1 Å². The molecule has 1 aromatic carbocycles. The third-order valence-corrected chi connectivity index (χ3v) is 5.85. The van der Waals surface area contributed by atoms with Crippen molar-refractivity contribution in [1.82, 2.24) is 14.9 Å². The lowest BCUT2D eigenvalue weighted by Gasteiger charge is -2.31. The maximum atomic E-state index is 12.8. The highest BCUT2D eigenvalue weighted by atomic mass is 16.5. The first-order chi connectivity index (χ1) is 14.0. The van der Waals surface area contributed by atoms with Crippen molar-refractivity contribution >= 4 is 17.6 Å². The molecule has 4 rings (SSSR count). The first-order valence-corrected chi connectivity index (χ1v) is 10.0. The number of fused-ring (bicyclic) bond motifs is 1. The summed E-state index contributed by atoms with van der Waals surface area (Å²) in [7, 11) is 1.63. The van der Waals surface area contributed by atoms with Gasteiger partial charge in [-0.15, -0.1) is 0 Å². The van der Waals surface area contributed by atoms with Gasteiger partial charge in [-0.1, -0.05) is 18.2 Å². The average Bonchev–Trinajstić information content (AvgIpc) is 3.04. The molecule has 3 heterocycles. The van der Waals surface area contributed by atoms with E-state index in [1.165, 1.54) is 0 Å². The van der Waals surface area contributed by atoms with Gasteiger partial charge in [-0.3, -0.25) is 14.5 Å². The molecule has 0 N–H and O–H groups in total. The zero-order chi connectivity index (χ0) is 20.5. The van der Waals surface area contributed by atoms with E-state index in [-0.39, 0.29) is 17.7 Å². The van der Waals surface area contributed by atoms with Crippen LogP contribution in [0.1, 0.15) is 48.3 Å². The zero-order valence-corrected chi connectivity index (χ0v) is 17.1. The van der Waals surface area contributed by atoms with Crippen LogP contribution in [-0.2, 0) is 22.6 Å².